The molecule has 0 saturated carbocycles. The maximum atomic E-state index is 13.7. The van der Waals surface area contributed by atoms with Gasteiger partial charge >= 0.3 is 6.18 Å². The van der Waals surface area contributed by atoms with Gasteiger partial charge in [-0.25, -0.2) is 4.98 Å². The SMILES string of the molecule is O=C(Nc1cc(N2CCCNCC2)cc(C(F)(F)F)c1)c1ccc(Cl)c(Oc2ncnc3c2OCCN3)c1. The van der Waals surface area contributed by atoms with Crippen LogP contribution in [0.2, 0.25) is 5.02 Å². The van der Waals surface area contributed by atoms with E-state index >= 15 is 0 Å². The summed E-state index contributed by atoms with van der Waals surface area (Å²) in [5.41, 5.74) is -0.297. The molecule has 1 aromatic heterocycles. The topological polar surface area (TPSA) is 101 Å². The minimum Gasteiger partial charge on any atom is -0.483 e. The van der Waals surface area contributed by atoms with E-state index in [1.165, 1.54) is 24.5 Å². The van der Waals surface area contributed by atoms with E-state index < -0.39 is 17.6 Å². The number of halogens is 4. The summed E-state index contributed by atoms with van der Waals surface area (Å²) in [6.45, 7) is 3.57. The number of nitrogens with zero attached hydrogens (tertiary/aromatic N) is 3. The number of amides is 1. The van der Waals surface area contributed by atoms with Crippen LogP contribution >= 0.6 is 11.6 Å². The van der Waals surface area contributed by atoms with Crippen LogP contribution in [0.25, 0.3) is 0 Å². The number of anilines is 3. The highest BCUT2D eigenvalue weighted by atomic mass is 35.5. The third-order valence-corrected chi connectivity index (χ3v) is 6.33. The fourth-order valence-electron chi connectivity index (χ4n) is 4.17. The standard InChI is InChI=1S/C25H24ClF3N6O3/c26-19-3-2-15(10-20(19)38-24-21-22(32-14-33-24)31-6-9-37-21)23(36)34-17-11-16(25(27,28)29)12-18(13-17)35-7-1-4-30-5-8-35/h2-3,10-14,30H,1,4-9H2,(H,34,36)(H,31,32,33). The van der Waals surface area contributed by atoms with Gasteiger partial charge < -0.3 is 30.3 Å². The fourth-order valence-corrected chi connectivity index (χ4v) is 4.33. The van der Waals surface area contributed by atoms with Gasteiger partial charge in [0.15, 0.2) is 5.82 Å². The fraction of sp³-hybridized carbons (Fsp3) is 0.320. The molecule has 0 atom stereocenters. The first-order valence-corrected chi connectivity index (χ1v) is 12.3. The first-order valence-electron chi connectivity index (χ1n) is 12.0. The molecule has 2 aliphatic heterocycles. The predicted molar refractivity (Wildman–Crippen MR) is 137 cm³/mol. The predicted octanol–water partition coefficient (Wildman–Crippen LogP) is 4.80. The van der Waals surface area contributed by atoms with Crippen molar-refractivity contribution in [2.24, 2.45) is 0 Å². The van der Waals surface area contributed by atoms with E-state index in [0.29, 0.717) is 50.0 Å². The second kappa shape index (κ2) is 10.9. The normalized spacial score (nSPS) is 15.5. The number of fused-ring (bicyclic) bond motifs is 1. The Hall–Kier alpha value is -3.77. The number of benzene rings is 2. The quantitative estimate of drug-likeness (QED) is 0.418. The molecule has 13 heteroatoms. The number of aromatic nitrogens is 2. The number of carbonyl (C=O) groups excluding carboxylic acids is 1. The summed E-state index contributed by atoms with van der Waals surface area (Å²) in [6, 6.07) is 7.87. The van der Waals surface area contributed by atoms with Gasteiger partial charge in [-0.3, -0.25) is 4.79 Å². The molecule has 1 amide bonds. The van der Waals surface area contributed by atoms with E-state index in [4.69, 9.17) is 21.1 Å². The number of carbonyl (C=O) groups is 1. The minimum atomic E-state index is -4.57. The Morgan fingerprint density at radius 3 is 2.82 bits per heavy atom. The Kier molecular flexibility index (Phi) is 7.43. The third kappa shape index (κ3) is 5.86. The summed E-state index contributed by atoms with van der Waals surface area (Å²) in [5.74, 6) is 0.376. The van der Waals surface area contributed by atoms with Crippen molar-refractivity contribution in [1.82, 2.24) is 15.3 Å². The van der Waals surface area contributed by atoms with Crippen LogP contribution in [0.5, 0.6) is 17.4 Å². The Bertz CT molecular complexity index is 1330. The molecule has 3 heterocycles. The molecule has 200 valence electrons. The molecule has 0 spiro atoms. The van der Waals surface area contributed by atoms with Crippen molar-refractivity contribution in [3.8, 4) is 17.4 Å². The molecule has 1 fully saturated rings. The molecule has 38 heavy (non-hydrogen) atoms. The van der Waals surface area contributed by atoms with Crippen molar-refractivity contribution in [2.45, 2.75) is 12.6 Å². The first-order chi connectivity index (χ1) is 18.3. The van der Waals surface area contributed by atoms with Crippen molar-refractivity contribution in [3.05, 3.63) is 58.9 Å². The highest BCUT2D eigenvalue weighted by Crippen LogP contribution is 2.39. The largest absolute Gasteiger partial charge is 0.483 e. The zero-order chi connectivity index (χ0) is 26.7. The lowest BCUT2D eigenvalue weighted by molar-refractivity contribution is -0.137. The summed E-state index contributed by atoms with van der Waals surface area (Å²) >= 11 is 6.29. The van der Waals surface area contributed by atoms with Gasteiger partial charge in [-0.1, -0.05) is 11.6 Å². The molecular weight excluding hydrogens is 525 g/mol. The van der Waals surface area contributed by atoms with Crippen molar-refractivity contribution in [2.75, 3.05) is 54.9 Å². The van der Waals surface area contributed by atoms with Gasteiger partial charge in [-0.05, 0) is 49.4 Å². The lowest BCUT2D eigenvalue weighted by Crippen LogP contribution is -2.28. The molecule has 3 aromatic rings. The van der Waals surface area contributed by atoms with Gasteiger partial charge in [0.25, 0.3) is 11.8 Å². The van der Waals surface area contributed by atoms with E-state index in [2.05, 4.69) is 25.9 Å². The molecule has 0 unspecified atom stereocenters. The molecule has 2 aromatic carbocycles. The van der Waals surface area contributed by atoms with Gasteiger partial charge in [0.2, 0.25) is 5.75 Å². The molecular formula is C25H24ClF3N6O3. The average Bonchev–Trinajstić information content (AvgIpc) is 3.19. The number of alkyl halides is 3. The highest BCUT2D eigenvalue weighted by Gasteiger charge is 2.32. The van der Waals surface area contributed by atoms with Crippen molar-refractivity contribution in [3.63, 3.8) is 0 Å². The van der Waals surface area contributed by atoms with Crippen LogP contribution < -0.4 is 30.3 Å². The van der Waals surface area contributed by atoms with Gasteiger partial charge in [-0.2, -0.15) is 18.2 Å². The Labute approximate surface area is 221 Å². The van der Waals surface area contributed by atoms with Crippen LogP contribution in [0.4, 0.5) is 30.4 Å². The van der Waals surface area contributed by atoms with Crippen LogP contribution in [-0.4, -0.2) is 55.2 Å². The van der Waals surface area contributed by atoms with Crippen molar-refractivity contribution >= 4 is 34.7 Å². The van der Waals surface area contributed by atoms with Crippen LogP contribution in [0, 0.1) is 0 Å². The number of ether oxygens (including phenoxy) is 2. The van der Waals surface area contributed by atoms with E-state index in [1.807, 2.05) is 4.90 Å². The summed E-state index contributed by atoms with van der Waals surface area (Å²) in [7, 11) is 0. The second-order valence-electron chi connectivity index (χ2n) is 8.69. The lowest BCUT2D eigenvalue weighted by Gasteiger charge is -2.24. The van der Waals surface area contributed by atoms with Crippen LogP contribution in [0.1, 0.15) is 22.3 Å². The second-order valence-corrected chi connectivity index (χ2v) is 9.10. The summed E-state index contributed by atoms with van der Waals surface area (Å²) in [4.78, 5) is 23.2. The molecule has 9 nitrogen and oxygen atoms in total. The Morgan fingerprint density at radius 1 is 1.11 bits per heavy atom. The van der Waals surface area contributed by atoms with E-state index in [9.17, 15) is 18.0 Å². The number of nitrogens with one attached hydrogen (secondary N) is 3. The molecule has 5 rings (SSSR count). The zero-order valence-corrected chi connectivity index (χ0v) is 20.8. The van der Waals surface area contributed by atoms with Crippen LogP contribution in [0.15, 0.2) is 42.7 Å². The minimum absolute atomic E-state index is 0.0267. The maximum absolute atomic E-state index is 13.7. The third-order valence-electron chi connectivity index (χ3n) is 6.02. The van der Waals surface area contributed by atoms with Gasteiger partial charge in [-0.15, -0.1) is 0 Å². The smallest absolute Gasteiger partial charge is 0.416 e. The molecule has 1 saturated heterocycles. The first kappa shape index (κ1) is 25.9. The van der Waals surface area contributed by atoms with Crippen molar-refractivity contribution in [1.29, 1.82) is 0 Å². The molecule has 0 radical (unpaired) electrons. The van der Waals surface area contributed by atoms with Crippen molar-refractivity contribution < 1.29 is 27.4 Å². The van der Waals surface area contributed by atoms with Gasteiger partial charge in [0.05, 0.1) is 17.1 Å². The maximum Gasteiger partial charge on any atom is 0.416 e. The Balaban J connectivity index is 1.40. The number of rotatable bonds is 5. The molecule has 2 aliphatic rings. The average molecular weight is 549 g/mol. The molecule has 3 N–H and O–H groups in total. The summed E-state index contributed by atoms with van der Waals surface area (Å²) in [6.07, 6.45) is -2.48. The lowest BCUT2D eigenvalue weighted by atomic mass is 10.1. The van der Waals surface area contributed by atoms with E-state index in [0.717, 1.165) is 25.1 Å². The molecule has 0 aliphatic carbocycles. The summed E-state index contributed by atoms with van der Waals surface area (Å²) in [5, 5.41) is 9.08. The van der Waals surface area contributed by atoms with Crippen LogP contribution in [0.3, 0.4) is 0 Å². The highest BCUT2D eigenvalue weighted by molar-refractivity contribution is 6.32. The Morgan fingerprint density at radius 2 is 1.97 bits per heavy atom. The molecule has 0 bridgehead atoms. The zero-order valence-electron chi connectivity index (χ0n) is 20.1. The number of hydrogen-bond donors (Lipinski definition) is 3. The van der Waals surface area contributed by atoms with Crippen LogP contribution in [-0.2, 0) is 6.18 Å². The van der Waals surface area contributed by atoms with E-state index in [-0.39, 0.29) is 27.9 Å². The monoisotopic (exact) mass is 548 g/mol. The number of hydrogen-bond acceptors (Lipinski definition) is 8. The van der Waals surface area contributed by atoms with Gasteiger partial charge in [0.1, 0.15) is 18.7 Å². The summed E-state index contributed by atoms with van der Waals surface area (Å²) < 4.78 is 52.5. The van der Waals surface area contributed by atoms with E-state index in [1.54, 1.807) is 6.07 Å². The van der Waals surface area contributed by atoms with Gasteiger partial charge in [0, 0.05) is 36.6 Å².